The van der Waals surface area contributed by atoms with Crippen LogP contribution in [0, 0.1) is 5.92 Å². The Morgan fingerprint density at radius 1 is 1.12 bits per heavy atom. The van der Waals surface area contributed by atoms with Crippen LogP contribution in [-0.4, -0.2) is 23.9 Å². The lowest BCUT2D eigenvalue weighted by molar-refractivity contribution is -0.127. The fraction of sp³-hybridized carbons (Fsp3) is 0.381. The van der Waals surface area contributed by atoms with Gasteiger partial charge in [0.25, 0.3) is 0 Å². The fourth-order valence-corrected chi connectivity index (χ4v) is 3.68. The van der Waals surface area contributed by atoms with Crippen molar-refractivity contribution in [3.63, 3.8) is 0 Å². The van der Waals surface area contributed by atoms with E-state index in [2.05, 4.69) is 22.3 Å². The van der Waals surface area contributed by atoms with Crippen molar-refractivity contribution in [2.75, 3.05) is 13.1 Å². The molecule has 0 aromatic heterocycles. The molecule has 0 bridgehead atoms. The van der Waals surface area contributed by atoms with Crippen LogP contribution >= 0.6 is 23.2 Å². The molecule has 26 heavy (non-hydrogen) atoms. The highest BCUT2D eigenvalue weighted by molar-refractivity contribution is 6.30. The van der Waals surface area contributed by atoms with Crippen molar-refractivity contribution in [3.8, 4) is 0 Å². The summed E-state index contributed by atoms with van der Waals surface area (Å²) in [5.41, 5.74) is 2.29. The van der Waals surface area contributed by atoms with Gasteiger partial charge in [0.15, 0.2) is 0 Å². The van der Waals surface area contributed by atoms with E-state index in [-0.39, 0.29) is 17.9 Å². The van der Waals surface area contributed by atoms with Gasteiger partial charge in [0.2, 0.25) is 5.91 Å². The maximum atomic E-state index is 12.7. The molecule has 2 aromatic carbocycles. The van der Waals surface area contributed by atoms with E-state index in [0.717, 1.165) is 43.1 Å². The van der Waals surface area contributed by atoms with Crippen molar-refractivity contribution in [1.29, 1.82) is 0 Å². The molecule has 1 saturated heterocycles. The maximum Gasteiger partial charge on any atom is 0.224 e. The molecule has 1 aliphatic rings. The predicted octanol–water partition coefficient (Wildman–Crippen LogP) is 5.08. The minimum Gasteiger partial charge on any atom is -0.349 e. The van der Waals surface area contributed by atoms with Crippen molar-refractivity contribution >= 4 is 29.1 Å². The van der Waals surface area contributed by atoms with Gasteiger partial charge in [-0.3, -0.25) is 9.69 Å². The molecule has 0 spiro atoms. The van der Waals surface area contributed by atoms with E-state index >= 15 is 0 Å². The summed E-state index contributed by atoms with van der Waals surface area (Å²) < 4.78 is 0. The highest BCUT2D eigenvalue weighted by Gasteiger charge is 2.26. The topological polar surface area (TPSA) is 32.3 Å². The Morgan fingerprint density at radius 3 is 2.38 bits per heavy atom. The quantitative estimate of drug-likeness (QED) is 0.771. The molecule has 1 fully saturated rings. The molecule has 1 aliphatic heterocycles. The van der Waals surface area contributed by atoms with Gasteiger partial charge in [-0.2, -0.15) is 0 Å². The number of carbonyl (C=O) groups is 1. The zero-order chi connectivity index (χ0) is 18.5. The summed E-state index contributed by atoms with van der Waals surface area (Å²) in [5.74, 6) is 0.166. The first-order valence-corrected chi connectivity index (χ1v) is 9.79. The minimum absolute atomic E-state index is 0.0218. The second kappa shape index (κ2) is 8.90. The summed E-state index contributed by atoms with van der Waals surface area (Å²) in [4.78, 5) is 15.1. The first kappa shape index (κ1) is 19.2. The van der Waals surface area contributed by atoms with Gasteiger partial charge in [-0.25, -0.2) is 0 Å². The van der Waals surface area contributed by atoms with Gasteiger partial charge in [-0.15, -0.1) is 0 Å². The highest BCUT2D eigenvalue weighted by Crippen LogP contribution is 2.22. The lowest BCUT2D eigenvalue weighted by Crippen LogP contribution is -2.43. The third-order valence-electron chi connectivity index (χ3n) is 4.92. The van der Waals surface area contributed by atoms with Crippen molar-refractivity contribution < 1.29 is 4.79 Å². The van der Waals surface area contributed by atoms with Crippen LogP contribution in [-0.2, 0) is 11.3 Å². The smallest absolute Gasteiger partial charge is 0.224 e. The van der Waals surface area contributed by atoms with Gasteiger partial charge in [0.1, 0.15) is 0 Å². The maximum absolute atomic E-state index is 12.7. The lowest BCUT2D eigenvalue weighted by Gasteiger charge is -2.32. The van der Waals surface area contributed by atoms with Crippen LogP contribution in [0.3, 0.4) is 0 Å². The molecule has 3 nitrogen and oxygen atoms in total. The first-order valence-electron chi connectivity index (χ1n) is 9.04. The van der Waals surface area contributed by atoms with E-state index in [1.165, 1.54) is 5.56 Å². The Labute approximate surface area is 165 Å². The molecule has 5 heteroatoms. The minimum atomic E-state index is -0.0218. The second-order valence-corrected chi connectivity index (χ2v) is 7.86. The molecular weight excluding hydrogens is 367 g/mol. The highest BCUT2D eigenvalue weighted by atomic mass is 35.5. The number of nitrogens with one attached hydrogen (secondary N) is 1. The third-order valence-corrected chi connectivity index (χ3v) is 5.43. The summed E-state index contributed by atoms with van der Waals surface area (Å²) in [6.45, 7) is 4.68. The SMILES string of the molecule is C[C@H](NC(=O)[C@@H]1CCCN(Cc2ccc(Cl)cc2)C1)c1ccc(Cl)cc1. The van der Waals surface area contributed by atoms with Gasteiger partial charge in [0.05, 0.1) is 12.0 Å². The summed E-state index contributed by atoms with van der Waals surface area (Å²) >= 11 is 11.9. The van der Waals surface area contributed by atoms with Gasteiger partial charge in [-0.1, -0.05) is 47.5 Å². The molecule has 1 heterocycles. The van der Waals surface area contributed by atoms with E-state index < -0.39 is 0 Å². The van der Waals surface area contributed by atoms with E-state index in [1.54, 1.807) is 0 Å². The monoisotopic (exact) mass is 390 g/mol. The fourth-order valence-electron chi connectivity index (χ4n) is 3.43. The van der Waals surface area contributed by atoms with Gasteiger partial charge in [-0.05, 0) is 61.7 Å². The largest absolute Gasteiger partial charge is 0.349 e. The number of carbonyl (C=O) groups excluding carboxylic acids is 1. The molecule has 0 aliphatic carbocycles. The number of benzene rings is 2. The number of hydrogen-bond donors (Lipinski definition) is 1. The van der Waals surface area contributed by atoms with Crippen LogP contribution in [0.2, 0.25) is 10.0 Å². The standard InChI is InChI=1S/C21H24Cl2N2O/c1-15(17-6-10-20(23)11-7-17)24-21(26)18-3-2-12-25(14-18)13-16-4-8-19(22)9-5-16/h4-11,15,18H,2-3,12-14H2,1H3,(H,24,26)/t15-,18+/m0/s1. The van der Waals surface area contributed by atoms with Crippen molar-refractivity contribution in [2.24, 2.45) is 5.92 Å². The van der Waals surface area contributed by atoms with Crippen LogP contribution in [0.4, 0.5) is 0 Å². The summed E-state index contributed by atoms with van der Waals surface area (Å²) in [7, 11) is 0. The van der Waals surface area contributed by atoms with Gasteiger partial charge in [0, 0.05) is 23.1 Å². The summed E-state index contributed by atoms with van der Waals surface area (Å²) in [6, 6.07) is 15.5. The molecule has 0 radical (unpaired) electrons. The summed E-state index contributed by atoms with van der Waals surface area (Å²) in [5, 5.41) is 4.61. The van der Waals surface area contributed by atoms with Crippen molar-refractivity contribution in [3.05, 3.63) is 69.7 Å². The molecule has 1 N–H and O–H groups in total. The Bertz CT molecular complexity index is 731. The predicted molar refractivity (Wildman–Crippen MR) is 107 cm³/mol. The van der Waals surface area contributed by atoms with E-state index in [0.29, 0.717) is 5.02 Å². The van der Waals surface area contributed by atoms with Crippen LogP contribution in [0.5, 0.6) is 0 Å². The molecule has 0 saturated carbocycles. The molecule has 138 valence electrons. The number of hydrogen-bond acceptors (Lipinski definition) is 2. The average Bonchev–Trinajstić information content (AvgIpc) is 2.64. The molecule has 3 rings (SSSR count). The number of rotatable bonds is 5. The van der Waals surface area contributed by atoms with Crippen LogP contribution in [0.15, 0.2) is 48.5 Å². The molecule has 0 unspecified atom stereocenters. The first-order chi connectivity index (χ1) is 12.5. The second-order valence-electron chi connectivity index (χ2n) is 6.98. The average molecular weight is 391 g/mol. The third kappa shape index (κ3) is 5.23. The number of likely N-dealkylation sites (tertiary alicyclic amines) is 1. The van der Waals surface area contributed by atoms with Crippen molar-refractivity contribution in [2.45, 2.75) is 32.4 Å². The normalized spacial score (nSPS) is 19.1. The number of amides is 1. The number of halogens is 2. The Hall–Kier alpha value is -1.55. The van der Waals surface area contributed by atoms with Crippen LogP contribution < -0.4 is 5.32 Å². The lowest BCUT2D eigenvalue weighted by atomic mass is 9.96. The van der Waals surface area contributed by atoms with Crippen LogP contribution in [0.1, 0.15) is 36.9 Å². The van der Waals surface area contributed by atoms with Gasteiger partial charge < -0.3 is 5.32 Å². The Kier molecular flexibility index (Phi) is 6.58. The molecule has 2 aromatic rings. The van der Waals surface area contributed by atoms with Crippen molar-refractivity contribution in [1.82, 2.24) is 10.2 Å². The van der Waals surface area contributed by atoms with Gasteiger partial charge >= 0.3 is 0 Å². The zero-order valence-corrected chi connectivity index (χ0v) is 16.4. The number of nitrogens with zero attached hydrogens (tertiary/aromatic N) is 1. The molecular formula is C21H24Cl2N2O. The molecule has 2 atom stereocenters. The Balaban J connectivity index is 1.55. The van der Waals surface area contributed by atoms with Crippen LogP contribution in [0.25, 0.3) is 0 Å². The summed E-state index contributed by atoms with van der Waals surface area (Å²) in [6.07, 6.45) is 1.98. The number of piperidine rings is 1. The van der Waals surface area contributed by atoms with E-state index in [1.807, 2.05) is 43.3 Å². The Morgan fingerprint density at radius 2 is 1.73 bits per heavy atom. The molecule has 1 amide bonds. The van der Waals surface area contributed by atoms with E-state index in [4.69, 9.17) is 23.2 Å². The zero-order valence-electron chi connectivity index (χ0n) is 14.9. The van der Waals surface area contributed by atoms with E-state index in [9.17, 15) is 4.79 Å².